The molecule has 0 unspecified atom stereocenters. The smallest absolute Gasteiger partial charge is 0.316 e. The Labute approximate surface area is 320 Å². The quantitative estimate of drug-likeness (QED) is 0.0602. The van der Waals surface area contributed by atoms with E-state index in [1.807, 2.05) is 24.3 Å². The number of imide groups is 1. The predicted octanol–water partition coefficient (Wildman–Crippen LogP) is 7.32. The molecule has 0 heterocycles. The van der Waals surface area contributed by atoms with Crippen LogP contribution in [-0.4, -0.2) is 53.9 Å². The second-order valence-electron chi connectivity index (χ2n) is 14.0. The van der Waals surface area contributed by atoms with E-state index in [0.29, 0.717) is 35.3 Å². The lowest BCUT2D eigenvalue weighted by Gasteiger charge is -2.36. The maximum atomic E-state index is 14.2. The lowest BCUT2D eigenvalue weighted by molar-refractivity contribution is -0.121. The van der Waals surface area contributed by atoms with Crippen LogP contribution in [0.2, 0.25) is 0 Å². The van der Waals surface area contributed by atoms with Crippen LogP contribution in [0, 0.1) is 28.5 Å². The van der Waals surface area contributed by atoms with Gasteiger partial charge in [0.05, 0.1) is 0 Å². The van der Waals surface area contributed by atoms with Crippen LogP contribution >= 0.6 is 12.6 Å². The number of nitrogens with zero attached hydrogens (tertiary/aromatic N) is 3. The van der Waals surface area contributed by atoms with Crippen molar-refractivity contribution >= 4 is 47.9 Å². The van der Waals surface area contributed by atoms with Crippen molar-refractivity contribution in [2.45, 2.75) is 61.3 Å². The molecule has 0 radical (unpaired) electrons. The molecule has 0 aliphatic heterocycles. The van der Waals surface area contributed by atoms with Gasteiger partial charge in [-0.1, -0.05) is 24.3 Å². The fourth-order valence-electron chi connectivity index (χ4n) is 6.40. The number of hydrogen-bond acceptors (Lipinski definition) is 6. The van der Waals surface area contributed by atoms with E-state index < -0.39 is 76.0 Å². The largest absolute Gasteiger partial charge is 0.747 e. The average molecular weight is 777 g/mol. The monoisotopic (exact) mass is 776 g/mol. The van der Waals surface area contributed by atoms with Gasteiger partial charge in [-0.15, -0.1) is 12.6 Å². The molecular formula is C40H38F4N5O5S-. The van der Waals surface area contributed by atoms with Gasteiger partial charge in [-0.25, -0.2) is 27.2 Å². The van der Waals surface area contributed by atoms with Crippen molar-refractivity contribution in [1.29, 1.82) is 0 Å². The van der Waals surface area contributed by atoms with Gasteiger partial charge in [-0.05, 0) is 108 Å². The number of carbonyl (C=O) groups is 4. The number of urea groups is 2. The van der Waals surface area contributed by atoms with Gasteiger partial charge < -0.3 is 30.7 Å². The van der Waals surface area contributed by atoms with Crippen molar-refractivity contribution in [3.05, 3.63) is 136 Å². The van der Waals surface area contributed by atoms with Gasteiger partial charge in [0.2, 0.25) is 5.91 Å². The first-order valence-electron chi connectivity index (χ1n) is 17.6. The SMILES string of the molecule is CN(C(=O)[C@H](Cc1cc(F)cc(F)c1)NC(=O)N([O-])C(=O)N[C@](S)(Cc1cc(F)cc(F)c1)C(=O)N(C)c1ccc(C2CC2)cc1)c1ccc(C2CC2)cc1. The van der Waals surface area contributed by atoms with Crippen LogP contribution in [0.1, 0.15) is 59.8 Å². The molecule has 2 atom stereocenters. The zero-order chi connectivity index (χ0) is 39.6. The molecule has 288 valence electrons. The molecule has 55 heavy (non-hydrogen) atoms. The summed E-state index contributed by atoms with van der Waals surface area (Å²) in [6.45, 7) is 0. The van der Waals surface area contributed by atoms with Crippen molar-refractivity contribution in [1.82, 2.24) is 15.7 Å². The normalized spacial score (nSPS) is 15.3. The number of anilines is 2. The molecule has 2 saturated carbocycles. The maximum absolute atomic E-state index is 14.2. The van der Waals surface area contributed by atoms with E-state index in [1.165, 1.54) is 19.0 Å². The van der Waals surface area contributed by atoms with Crippen LogP contribution in [0.25, 0.3) is 0 Å². The Morgan fingerprint density at radius 2 is 1.15 bits per heavy atom. The summed E-state index contributed by atoms with van der Waals surface area (Å²) in [6, 6.07) is 14.2. The van der Waals surface area contributed by atoms with Crippen LogP contribution in [0.3, 0.4) is 0 Å². The topological polar surface area (TPSA) is 125 Å². The number of hydrogen-bond donors (Lipinski definition) is 3. The predicted molar refractivity (Wildman–Crippen MR) is 202 cm³/mol. The summed E-state index contributed by atoms with van der Waals surface area (Å²) in [7, 11) is 2.79. The minimum atomic E-state index is -2.36. The first-order chi connectivity index (χ1) is 26.1. The summed E-state index contributed by atoms with van der Waals surface area (Å²) >= 11 is 4.43. The Balaban J connectivity index is 1.23. The van der Waals surface area contributed by atoms with Crippen molar-refractivity contribution in [3.8, 4) is 0 Å². The Morgan fingerprint density at radius 1 is 0.709 bits per heavy atom. The lowest BCUT2D eigenvalue weighted by atomic mass is 10.0. The summed E-state index contributed by atoms with van der Waals surface area (Å²) < 4.78 is 56.7. The van der Waals surface area contributed by atoms with E-state index in [1.54, 1.807) is 24.3 Å². The van der Waals surface area contributed by atoms with Crippen LogP contribution in [-0.2, 0) is 22.4 Å². The molecule has 6 amide bonds. The molecule has 4 aromatic carbocycles. The van der Waals surface area contributed by atoms with Gasteiger partial charge >= 0.3 is 12.1 Å². The van der Waals surface area contributed by atoms with Crippen molar-refractivity contribution in [2.24, 2.45) is 0 Å². The molecule has 0 aromatic heterocycles. The van der Waals surface area contributed by atoms with Crippen LogP contribution in [0.5, 0.6) is 0 Å². The highest BCUT2D eigenvalue weighted by atomic mass is 32.1. The van der Waals surface area contributed by atoms with E-state index in [9.17, 15) is 41.9 Å². The molecule has 0 bridgehead atoms. The van der Waals surface area contributed by atoms with Crippen LogP contribution in [0.4, 0.5) is 38.5 Å². The second-order valence-corrected chi connectivity index (χ2v) is 14.8. The minimum Gasteiger partial charge on any atom is -0.747 e. The molecule has 2 fully saturated rings. The summed E-state index contributed by atoms with van der Waals surface area (Å²) in [5, 5.41) is 16.9. The van der Waals surface area contributed by atoms with E-state index in [-0.39, 0.29) is 11.1 Å². The van der Waals surface area contributed by atoms with Gasteiger partial charge in [0.15, 0.2) is 4.87 Å². The molecule has 6 rings (SSSR count). The summed E-state index contributed by atoms with van der Waals surface area (Å²) in [4.78, 5) is 54.6. The lowest BCUT2D eigenvalue weighted by Crippen LogP contribution is -2.61. The standard InChI is InChI=1S/C40H38F4N5O5S/c1-47(33-11-7-27(8-12-33)25-3-4-25)36(50)35(19-23-15-29(41)20-30(42)16-23)45-38(52)49(54)39(53)46-40(55,22-24-17-31(43)21-32(44)18-24)37(51)48(2)34-13-9-28(10-14-34)26-5-6-26/h7-18,20-21,25-26,35,55H,3-6,19,22H2,1-2H3,(H,45,52)(H,46,53)/q-1/t35-,40-/m0/s1. The Hall–Kier alpha value is -5.41. The fraction of sp³-hybridized carbons (Fsp3) is 0.300. The third kappa shape index (κ3) is 9.64. The highest BCUT2D eigenvalue weighted by Gasteiger charge is 2.41. The number of halogens is 4. The number of rotatable bonds is 12. The second kappa shape index (κ2) is 16.1. The minimum absolute atomic E-state index is 0.0361. The zero-order valence-electron chi connectivity index (χ0n) is 29.9. The third-order valence-electron chi connectivity index (χ3n) is 9.67. The average Bonchev–Trinajstić information content (AvgIpc) is 4.07. The van der Waals surface area contributed by atoms with Gasteiger partial charge in [0, 0.05) is 50.4 Å². The molecule has 2 aliphatic rings. The van der Waals surface area contributed by atoms with Gasteiger partial charge in [0.1, 0.15) is 29.3 Å². The molecule has 0 spiro atoms. The molecule has 15 heteroatoms. The number of carbonyl (C=O) groups excluding carboxylic acids is 4. The van der Waals surface area contributed by atoms with Crippen LogP contribution < -0.4 is 20.4 Å². The molecule has 10 nitrogen and oxygen atoms in total. The molecule has 2 N–H and O–H groups in total. The molecule has 2 aliphatic carbocycles. The third-order valence-corrected chi connectivity index (χ3v) is 10.1. The first kappa shape index (κ1) is 39.3. The highest BCUT2D eigenvalue weighted by Crippen LogP contribution is 2.41. The summed E-state index contributed by atoms with van der Waals surface area (Å²) in [5.74, 6) is -4.67. The van der Waals surface area contributed by atoms with E-state index in [0.717, 1.165) is 66.0 Å². The van der Waals surface area contributed by atoms with E-state index in [4.69, 9.17) is 0 Å². The van der Waals surface area contributed by atoms with Gasteiger partial charge in [0.25, 0.3) is 5.91 Å². The number of amides is 6. The number of hydroxylamine groups is 2. The maximum Gasteiger partial charge on any atom is 0.316 e. The van der Waals surface area contributed by atoms with E-state index in [2.05, 4.69) is 23.3 Å². The Morgan fingerprint density at radius 3 is 1.60 bits per heavy atom. The van der Waals surface area contributed by atoms with E-state index >= 15 is 0 Å². The molecule has 0 saturated heterocycles. The molecule has 4 aromatic rings. The summed E-state index contributed by atoms with van der Waals surface area (Å²) in [5.41, 5.74) is 2.83. The van der Waals surface area contributed by atoms with Crippen molar-refractivity contribution in [2.75, 3.05) is 23.9 Å². The zero-order valence-corrected chi connectivity index (χ0v) is 30.8. The van der Waals surface area contributed by atoms with Crippen molar-refractivity contribution in [3.63, 3.8) is 0 Å². The number of thiol groups is 1. The highest BCUT2D eigenvalue weighted by molar-refractivity contribution is 7.82. The van der Waals surface area contributed by atoms with Gasteiger partial charge in [-0.2, -0.15) is 0 Å². The number of benzene rings is 4. The Bertz CT molecular complexity index is 2060. The summed E-state index contributed by atoms with van der Waals surface area (Å²) in [6.07, 6.45) is 3.10. The van der Waals surface area contributed by atoms with Gasteiger partial charge in [-0.3, -0.25) is 9.59 Å². The van der Waals surface area contributed by atoms with Crippen LogP contribution in [0.15, 0.2) is 84.9 Å². The number of likely N-dealkylation sites (N-methyl/N-ethyl adjacent to an activating group) is 2. The molecular weight excluding hydrogens is 739 g/mol. The Kier molecular flexibility index (Phi) is 11.5. The number of nitrogens with one attached hydrogen (secondary N) is 2. The van der Waals surface area contributed by atoms with Crippen molar-refractivity contribution < 1.29 is 36.7 Å². The first-order valence-corrected chi connectivity index (χ1v) is 18.0. The fourth-order valence-corrected chi connectivity index (χ4v) is 6.83.